The Labute approximate surface area is 120 Å². The van der Waals surface area contributed by atoms with Crippen molar-refractivity contribution < 1.29 is 4.79 Å². The molecule has 5 heteroatoms. The average Bonchev–Trinajstić information content (AvgIpc) is 2.29. The van der Waals surface area contributed by atoms with E-state index in [4.69, 9.17) is 23.2 Å². The lowest BCUT2D eigenvalue weighted by atomic mass is 10.2. The van der Waals surface area contributed by atoms with E-state index >= 15 is 0 Å². The third kappa shape index (κ3) is 4.16. The van der Waals surface area contributed by atoms with Gasteiger partial charge in [-0.05, 0) is 47.5 Å². The first-order valence-electron chi connectivity index (χ1n) is 5.40. The van der Waals surface area contributed by atoms with Crippen molar-refractivity contribution >= 4 is 45.0 Å². The number of alkyl halides is 1. The first kappa shape index (κ1) is 14.8. The van der Waals surface area contributed by atoms with Gasteiger partial charge in [-0.1, -0.05) is 11.6 Å². The standard InChI is InChI=1S/C12H14BrCl2NO/c1-2-16(7-3-6-14)12(17)10-5-4-9(15)8-11(10)13/h4-5,8H,2-3,6-7H2,1H3. The van der Waals surface area contributed by atoms with Crippen LogP contribution in [0.25, 0.3) is 0 Å². The van der Waals surface area contributed by atoms with Crippen molar-refractivity contribution in [2.75, 3.05) is 19.0 Å². The van der Waals surface area contributed by atoms with Gasteiger partial charge in [0.05, 0.1) is 5.56 Å². The number of benzene rings is 1. The molecule has 1 rings (SSSR count). The predicted octanol–water partition coefficient (Wildman–Crippen LogP) is 4.19. The molecular formula is C12H14BrCl2NO. The van der Waals surface area contributed by atoms with Crippen molar-refractivity contribution in [2.24, 2.45) is 0 Å². The van der Waals surface area contributed by atoms with Gasteiger partial charge < -0.3 is 4.90 Å². The normalized spacial score (nSPS) is 10.4. The van der Waals surface area contributed by atoms with Crippen molar-refractivity contribution in [1.29, 1.82) is 0 Å². The maximum atomic E-state index is 12.2. The van der Waals surface area contributed by atoms with Crippen LogP contribution in [-0.4, -0.2) is 29.8 Å². The van der Waals surface area contributed by atoms with Gasteiger partial charge in [0.1, 0.15) is 0 Å². The van der Waals surface area contributed by atoms with Crippen LogP contribution in [0.1, 0.15) is 23.7 Å². The van der Waals surface area contributed by atoms with Crippen LogP contribution in [0.15, 0.2) is 22.7 Å². The topological polar surface area (TPSA) is 20.3 Å². The van der Waals surface area contributed by atoms with Gasteiger partial charge in [-0.25, -0.2) is 0 Å². The molecule has 0 N–H and O–H groups in total. The van der Waals surface area contributed by atoms with Gasteiger partial charge >= 0.3 is 0 Å². The Morgan fingerprint density at radius 3 is 2.71 bits per heavy atom. The first-order valence-corrected chi connectivity index (χ1v) is 7.11. The fraction of sp³-hybridized carbons (Fsp3) is 0.417. The van der Waals surface area contributed by atoms with Crippen LogP contribution in [0.3, 0.4) is 0 Å². The third-order valence-electron chi connectivity index (χ3n) is 2.39. The molecule has 0 atom stereocenters. The summed E-state index contributed by atoms with van der Waals surface area (Å²) >= 11 is 14.8. The fourth-order valence-electron chi connectivity index (χ4n) is 1.49. The van der Waals surface area contributed by atoms with Crippen molar-refractivity contribution in [2.45, 2.75) is 13.3 Å². The zero-order valence-corrected chi connectivity index (χ0v) is 12.6. The molecule has 0 aliphatic carbocycles. The number of nitrogens with zero attached hydrogens (tertiary/aromatic N) is 1. The molecule has 0 fully saturated rings. The van der Waals surface area contributed by atoms with Crippen molar-refractivity contribution in [3.05, 3.63) is 33.3 Å². The largest absolute Gasteiger partial charge is 0.339 e. The number of amides is 1. The Kier molecular flexibility index (Phi) is 6.31. The van der Waals surface area contributed by atoms with Crippen molar-refractivity contribution in [3.63, 3.8) is 0 Å². The van der Waals surface area contributed by atoms with Crippen LogP contribution in [-0.2, 0) is 0 Å². The Bertz CT molecular complexity index is 398. The molecule has 1 amide bonds. The molecule has 17 heavy (non-hydrogen) atoms. The van der Waals surface area contributed by atoms with Crippen LogP contribution in [0, 0.1) is 0 Å². The summed E-state index contributed by atoms with van der Waals surface area (Å²) in [5.41, 5.74) is 0.630. The van der Waals surface area contributed by atoms with Crippen LogP contribution in [0.5, 0.6) is 0 Å². The first-order chi connectivity index (χ1) is 8.10. The lowest BCUT2D eigenvalue weighted by Crippen LogP contribution is -2.32. The van der Waals surface area contributed by atoms with E-state index in [0.29, 0.717) is 29.6 Å². The number of hydrogen-bond donors (Lipinski definition) is 0. The second kappa shape index (κ2) is 7.24. The second-order valence-corrected chi connectivity index (χ2v) is 5.22. The van der Waals surface area contributed by atoms with Gasteiger partial charge in [0.25, 0.3) is 5.91 Å². The monoisotopic (exact) mass is 337 g/mol. The average molecular weight is 339 g/mol. The summed E-state index contributed by atoms with van der Waals surface area (Å²) < 4.78 is 0.722. The zero-order chi connectivity index (χ0) is 12.8. The highest BCUT2D eigenvalue weighted by Gasteiger charge is 2.16. The highest BCUT2D eigenvalue weighted by molar-refractivity contribution is 9.10. The summed E-state index contributed by atoms with van der Waals surface area (Å²) in [5.74, 6) is 0.562. The molecule has 1 aromatic rings. The summed E-state index contributed by atoms with van der Waals surface area (Å²) in [6.07, 6.45) is 0.798. The molecule has 0 saturated carbocycles. The lowest BCUT2D eigenvalue weighted by molar-refractivity contribution is 0.0764. The van der Waals surface area contributed by atoms with Crippen LogP contribution < -0.4 is 0 Å². The Morgan fingerprint density at radius 1 is 1.47 bits per heavy atom. The summed E-state index contributed by atoms with van der Waals surface area (Å²) in [4.78, 5) is 14.0. The molecule has 1 aromatic carbocycles. The van der Waals surface area contributed by atoms with E-state index in [9.17, 15) is 4.79 Å². The van der Waals surface area contributed by atoms with Crippen molar-refractivity contribution in [3.8, 4) is 0 Å². The maximum Gasteiger partial charge on any atom is 0.254 e. The summed E-state index contributed by atoms with van der Waals surface area (Å²) in [6, 6.07) is 5.18. The highest BCUT2D eigenvalue weighted by atomic mass is 79.9. The number of carbonyl (C=O) groups excluding carboxylic acids is 1. The Balaban J connectivity index is 2.86. The summed E-state index contributed by atoms with van der Waals surface area (Å²) in [5, 5.41) is 0.609. The van der Waals surface area contributed by atoms with E-state index in [1.165, 1.54) is 0 Å². The molecule has 0 aromatic heterocycles. The van der Waals surface area contributed by atoms with E-state index in [0.717, 1.165) is 10.9 Å². The minimum Gasteiger partial charge on any atom is -0.339 e. The predicted molar refractivity (Wildman–Crippen MR) is 76.1 cm³/mol. The van der Waals surface area contributed by atoms with E-state index in [1.54, 1.807) is 23.1 Å². The third-order valence-corrected chi connectivity index (χ3v) is 3.55. The van der Waals surface area contributed by atoms with E-state index in [1.807, 2.05) is 6.92 Å². The zero-order valence-electron chi connectivity index (χ0n) is 9.55. The highest BCUT2D eigenvalue weighted by Crippen LogP contribution is 2.22. The number of hydrogen-bond acceptors (Lipinski definition) is 1. The molecule has 0 spiro atoms. The smallest absolute Gasteiger partial charge is 0.254 e. The maximum absolute atomic E-state index is 12.2. The Morgan fingerprint density at radius 2 is 2.18 bits per heavy atom. The van der Waals surface area contributed by atoms with E-state index < -0.39 is 0 Å². The molecule has 0 aliphatic heterocycles. The minimum absolute atomic E-state index is 0.00107. The quantitative estimate of drug-likeness (QED) is 0.737. The molecule has 0 aliphatic rings. The van der Waals surface area contributed by atoms with Gasteiger partial charge in [-0.3, -0.25) is 4.79 Å². The minimum atomic E-state index is 0.00107. The SMILES string of the molecule is CCN(CCCCl)C(=O)c1ccc(Cl)cc1Br. The molecular weight excluding hydrogens is 325 g/mol. The molecule has 0 saturated heterocycles. The lowest BCUT2D eigenvalue weighted by Gasteiger charge is -2.21. The van der Waals surface area contributed by atoms with Crippen LogP contribution in [0.4, 0.5) is 0 Å². The van der Waals surface area contributed by atoms with Gasteiger partial charge in [0, 0.05) is 28.5 Å². The van der Waals surface area contributed by atoms with Crippen LogP contribution in [0.2, 0.25) is 5.02 Å². The van der Waals surface area contributed by atoms with Gasteiger partial charge in [-0.2, -0.15) is 0 Å². The summed E-state index contributed by atoms with van der Waals surface area (Å²) in [7, 11) is 0. The van der Waals surface area contributed by atoms with E-state index in [-0.39, 0.29) is 5.91 Å². The number of rotatable bonds is 5. The van der Waals surface area contributed by atoms with Gasteiger partial charge in [-0.15, -0.1) is 11.6 Å². The molecule has 0 bridgehead atoms. The number of carbonyl (C=O) groups is 1. The molecule has 0 heterocycles. The Hall–Kier alpha value is -0.250. The number of halogens is 3. The second-order valence-electron chi connectivity index (χ2n) is 3.55. The molecule has 2 nitrogen and oxygen atoms in total. The molecule has 0 radical (unpaired) electrons. The molecule has 94 valence electrons. The van der Waals surface area contributed by atoms with Crippen LogP contribution >= 0.6 is 39.1 Å². The van der Waals surface area contributed by atoms with Gasteiger partial charge in [0.15, 0.2) is 0 Å². The van der Waals surface area contributed by atoms with Gasteiger partial charge in [0.2, 0.25) is 0 Å². The fourth-order valence-corrected chi connectivity index (χ4v) is 2.46. The van der Waals surface area contributed by atoms with Crippen molar-refractivity contribution in [1.82, 2.24) is 4.90 Å². The molecule has 0 unspecified atom stereocenters. The summed E-state index contributed by atoms with van der Waals surface area (Å²) in [6.45, 7) is 3.30. The van der Waals surface area contributed by atoms with E-state index in [2.05, 4.69) is 15.9 Å².